The maximum Gasteiger partial charge on any atom is 0.251 e. The van der Waals surface area contributed by atoms with Crippen molar-refractivity contribution in [3.8, 4) is 0 Å². The number of nitrogens with zero attached hydrogens (tertiary/aromatic N) is 1. The molecule has 3 N–H and O–H groups in total. The number of thiocarbonyl (C=S) groups is 1. The highest BCUT2D eigenvalue weighted by atomic mass is 32.2. The Hall–Kier alpha value is -3.11. The number of anilines is 2. The van der Waals surface area contributed by atoms with Crippen molar-refractivity contribution in [3.05, 3.63) is 89.5 Å². The van der Waals surface area contributed by atoms with E-state index in [9.17, 15) is 13.6 Å². The minimum Gasteiger partial charge on any atom is -0.724 e. The Morgan fingerprint density at radius 3 is 2.12 bits per heavy atom. The second-order valence-corrected chi connectivity index (χ2v) is 10.0. The topological polar surface area (TPSA) is 93.3 Å². The molecule has 178 valence electrons. The second-order valence-electron chi connectivity index (χ2n) is 8.28. The monoisotopic (exact) mass is 496 g/mol. The van der Waals surface area contributed by atoms with Crippen LogP contribution in [0.15, 0.2) is 72.8 Å². The first-order chi connectivity index (χ1) is 16.1. The van der Waals surface area contributed by atoms with Crippen LogP contribution < -0.4 is 19.8 Å². The van der Waals surface area contributed by atoms with Crippen LogP contribution in [0.25, 0.3) is 0 Å². The molecule has 0 aromatic heterocycles. The van der Waals surface area contributed by atoms with Gasteiger partial charge in [-0.15, -0.1) is 0 Å². The van der Waals surface area contributed by atoms with Gasteiger partial charge in [-0.2, -0.15) is 0 Å². The molecule has 0 bridgehead atoms. The minimum absolute atomic E-state index is 0.189. The summed E-state index contributed by atoms with van der Waals surface area (Å²) >= 11 is 3.13. The number of amides is 1. The van der Waals surface area contributed by atoms with Crippen LogP contribution in [0.5, 0.6) is 0 Å². The highest BCUT2D eigenvalue weighted by Crippen LogP contribution is 2.30. The van der Waals surface area contributed by atoms with E-state index >= 15 is 0 Å². The smallest absolute Gasteiger partial charge is 0.251 e. The van der Waals surface area contributed by atoms with Crippen LogP contribution >= 0.6 is 12.2 Å². The first-order valence-electron chi connectivity index (χ1n) is 10.6. The van der Waals surface area contributed by atoms with Crippen molar-refractivity contribution in [2.24, 2.45) is 0 Å². The lowest BCUT2D eigenvalue weighted by Gasteiger charge is -2.31. The average Bonchev–Trinajstić information content (AvgIpc) is 2.80. The molecule has 0 aliphatic rings. The molecule has 0 saturated heterocycles. The minimum atomic E-state index is -2.41. The molecular weight excluding hydrogens is 468 g/mol. The molecule has 3 rings (SSSR count). The Morgan fingerprint density at radius 1 is 0.912 bits per heavy atom. The summed E-state index contributed by atoms with van der Waals surface area (Å²) in [6.07, 6.45) is 0. The van der Waals surface area contributed by atoms with E-state index < -0.39 is 17.3 Å². The number of carbonyl (C=O) groups is 1. The molecule has 0 heterocycles. The van der Waals surface area contributed by atoms with Crippen LogP contribution in [0.4, 0.5) is 17.1 Å². The van der Waals surface area contributed by atoms with Crippen molar-refractivity contribution in [2.45, 2.75) is 19.9 Å². The Bertz CT molecular complexity index is 1200. The fourth-order valence-corrected chi connectivity index (χ4v) is 4.12. The number of hydrogen-bond acceptors (Lipinski definition) is 4. The molecule has 0 fully saturated rings. The second kappa shape index (κ2) is 10.9. The van der Waals surface area contributed by atoms with Crippen molar-refractivity contribution in [1.82, 2.24) is 9.21 Å². The Balaban J connectivity index is 1.87. The first kappa shape index (κ1) is 25.5. The molecule has 3 aromatic rings. The third kappa shape index (κ3) is 5.87. The third-order valence-corrected chi connectivity index (χ3v) is 6.67. The van der Waals surface area contributed by atoms with Gasteiger partial charge in [-0.25, -0.2) is 8.10 Å². The van der Waals surface area contributed by atoms with Gasteiger partial charge in [-0.1, -0.05) is 60.7 Å². The molecule has 0 spiro atoms. The molecule has 9 heteroatoms. The van der Waals surface area contributed by atoms with Crippen molar-refractivity contribution >= 4 is 51.6 Å². The first-order valence-corrected chi connectivity index (χ1v) is 12.1. The highest BCUT2D eigenvalue weighted by Gasteiger charge is 2.26. The van der Waals surface area contributed by atoms with Gasteiger partial charge in [0.2, 0.25) is 0 Å². The predicted octanol–water partition coefficient (Wildman–Crippen LogP) is 4.33. The SMILES string of the molecule is Cc1cccc(C)c1NC(=O)C(NC(=S)Nc1ccccc1[N+](C)(C)S(=O)[O-])c1ccccc1. The molecule has 3 aromatic carbocycles. The Kier molecular flexibility index (Phi) is 8.16. The summed E-state index contributed by atoms with van der Waals surface area (Å²) in [5.74, 6) is -0.266. The number of carbonyl (C=O) groups excluding carboxylic acids is 1. The van der Waals surface area contributed by atoms with Gasteiger partial charge in [-0.3, -0.25) is 4.79 Å². The largest absolute Gasteiger partial charge is 0.724 e. The lowest BCUT2D eigenvalue weighted by atomic mass is 10.0. The van der Waals surface area contributed by atoms with E-state index in [1.54, 1.807) is 38.4 Å². The van der Waals surface area contributed by atoms with Crippen molar-refractivity contribution in [3.63, 3.8) is 0 Å². The van der Waals surface area contributed by atoms with Gasteiger partial charge in [0, 0.05) is 11.8 Å². The summed E-state index contributed by atoms with van der Waals surface area (Å²) in [4.78, 5) is 13.4. The zero-order valence-corrected chi connectivity index (χ0v) is 21.1. The number of hydrogen-bond donors (Lipinski definition) is 3. The highest BCUT2D eigenvalue weighted by molar-refractivity contribution is 7.80. The molecule has 0 radical (unpaired) electrons. The van der Waals surface area contributed by atoms with E-state index in [2.05, 4.69) is 16.0 Å². The summed E-state index contributed by atoms with van der Waals surface area (Å²) in [6, 6.07) is 21.3. The lowest BCUT2D eigenvalue weighted by molar-refractivity contribution is -0.117. The number of rotatable bonds is 7. The molecule has 0 saturated carbocycles. The number of quaternary nitrogens is 1. The molecule has 34 heavy (non-hydrogen) atoms. The van der Waals surface area contributed by atoms with E-state index in [-0.39, 0.29) is 14.9 Å². The fourth-order valence-electron chi connectivity index (χ4n) is 3.57. The number of benzene rings is 3. The fraction of sp³-hybridized carbons (Fsp3) is 0.200. The molecule has 0 aliphatic carbocycles. The van der Waals surface area contributed by atoms with E-state index in [0.29, 0.717) is 11.4 Å². The molecule has 1 amide bonds. The van der Waals surface area contributed by atoms with Gasteiger partial charge in [0.1, 0.15) is 11.7 Å². The van der Waals surface area contributed by atoms with E-state index in [1.807, 2.05) is 62.4 Å². The number of aryl methyl sites for hydroxylation is 2. The van der Waals surface area contributed by atoms with Gasteiger partial charge < -0.3 is 20.5 Å². The summed E-state index contributed by atoms with van der Waals surface area (Å²) < 4.78 is 23.2. The van der Waals surface area contributed by atoms with Crippen molar-refractivity contribution in [2.75, 3.05) is 24.7 Å². The molecule has 0 aliphatic heterocycles. The number of para-hydroxylation sites is 3. The van der Waals surface area contributed by atoms with Crippen LogP contribution in [0, 0.1) is 13.8 Å². The average molecular weight is 497 g/mol. The van der Waals surface area contributed by atoms with Crippen molar-refractivity contribution < 1.29 is 13.6 Å². The van der Waals surface area contributed by atoms with Crippen LogP contribution in [0.3, 0.4) is 0 Å². The quantitative estimate of drug-likeness (QED) is 0.256. The molecule has 2 atom stereocenters. The summed E-state index contributed by atoms with van der Waals surface area (Å²) in [7, 11) is 3.12. The van der Waals surface area contributed by atoms with Gasteiger partial charge in [0.25, 0.3) is 5.91 Å². The van der Waals surface area contributed by atoms with Crippen LogP contribution in [0.2, 0.25) is 0 Å². The van der Waals surface area contributed by atoms with Crippen LogP contribution in [-0.2, 0) is 16.1 Å². The van der Waals surface area contributed by atoms with Gasteiger partial charge in [0.15, 0.2) is 22.1 Å². The van der Waals surface area contributed by atoms with E-state index in [1.165, 1.54) is 0 Å². The zero-order valence-electron chi connectivity index (χ0n) is 19.5. The third-order valence-electron chi connectivity index (χ3n) is 5.50. The summed E-state index contributed by atoms with van der Waals surface area (Å²) in [5.41, 5.74) is 4.45. The standard InChI is InChI=1S/C25H28N4O3S2/c1-17-11-10-12-18(2)22(17)27-24(30)23(19-13-6-5-7-14-19)28-25(33)26-20-15-8-9-16-21(20)29(3,4)34(31)32/h5-16,23H,1-4H3,(H3-,26,27,28,30,31,32,33). The van der Waals surface area contributed by atoms with E-state index in [4.69, 9.17) is 12.2 Å². The summed E-state index contributed by atoms with van der Waals surface area (Å²) in [5, 5.41) is 9.37. The lowest BCUT2D eigenvalue weighted by Crippen LogP contribution is -2.43. The van der Waals surface area contributed by atoms with Crippen molar-refractivity contribution in [1.29, 1.82) is 0 Å². The van der Waals surface area contributed by atoms with Crippen LogP contribution in [-0.4, -0.2) is 33.9 Å². The molecule has 7 nitrogen and oxygen atoms in total. The van der Waals surface area contributed by atoms with Gasteiger partial charge in [-0.05, 0) is 48.8 Å². The molecule has 2 unspecified atom stereocenters. The zero-order chi connectivity index (χ0) is 24.9. The predicted molar refractivity (Wildman–Crippen MR) is 142 cm³/mol. The normalized spacial score (nSPS) is 13.0. The summed E-state index contributed by atoms with van der Waals surface area (Å²) in [6.45, 7) is 3.88. The maximum atomic E-state index is 13.4. The van der Waals surface area contributed by atoms with E-state index in [0.717, 1.165) is 22.4 Å². The van der Waals surface area contributed by atoms with Crippen LogP contribution in [0.1, 0.15) is 22.7 Å². The number of nitrogens with one attached hydrogen (secondary N) is 3. The Morgan fingerprint density at radius 2 is 1.50 bits per heavy atom. The maximum absolute atomic E-state index is 13.4. The molecular formula is C25H28N4O3S2. The van der Waals surface area contributed by atoms with Gasteiger partial charge >= 0.3 is 0 Å². The van der Waals surface area contributed by atoms with Gasteiger partial charge in [0.05, 0.1) is 14.1 Å². The Labute approximate surface area is 208 Å².